The highest BCUT2D eigenvalue weighted by molar-refractivity contribution is 14.1. The van der Waals surface area contributed by atoms with Crippen LogP contribution in [0, 0.1) is 9.49 Å². The van der Waals surface area contributed by atoms with Crippen LogP contribution in [0.1, 0.15) is 18.4 Å². The molecule has 1 aromatic rings. The lowest BCUT2D eigenvalue weighted by Gasteiger charge is -2.22. The van der Waals surface area contributed by atoms with Crippen LogP contribution in [0.4, 0.5) is 0 Å². The van der Waals surface area contributed by atoms with Gasteiger partial charge in [0, 0.05) is 23.3 Å². The van der Waals surface area contributed by atoms with Gasteiger partial charge in [0.25, 0.3) is 0 Å². The van der Waals surface area contributed by atoms with E-state index in [4.69, 9.17) is 4.74 Å². The van der Waals surface area contributed by atoms with Crippen LogP contribution in [-0.4, -0.2) is 19.8 Å². The smallest absolute Gasteiger partial charge is 0.0506 e. The van der Waals surface area contributed by atoms with Gasteiger partial charge in [-0.3, -0.25) is 0 Å². The molecule has 0 amide bonds. The Morgan fingerprint density at radius 3 is 2.81 bits per heavy atom. The van der Waals surface area contributed by atoms with E-state index in [0.717, 1.165) is 26.3 Å². The van der Waals surface area contributed by atoms with E-state index in [9.17, 15) is 0 Å². The molecule has 1 fully saturated rings. The van der Waals surface area contributed by atoms with Crippen LogP contribution in [0.2, 0.25) is 0 Å². The Balaban J connectivity index is 1.69. The maximum absolute atomic E-state index is 5.46. The average molecular weight is 331 g/mol. The molecule has 1 aromatic carbocycles. The molecule has 2 rings (SSSR count). The summed E-state index contributed by atoms with van der Waals surface area (Å²) in [6.07, 6.45) is 2.52. The molecule has 3 heteroatoms. The topological polar surface area (TPSA) is 21.3 Å². The molecule has 1 N–H and O–H groups in total. The van der Waals surface area contributed by atoms with E-state index in [1.807, 2.05) is 0 Å². The summed E-state index contributed by atoms with van der Waals surface area (Å²) in [5, 5.41) is 3.51. The first-order valence-corrected chi connectivity index (χ1v) is 6.95. The van der Waals surface area contributed by atoms with Crippen molar-refractivity contribution in [3.05, 3.63) is 33.4 Å². The van der Waals surface area contributed by atoms with Crippen LogP contribution in [-0.2, 0) is 11.3 Å². The molecule has 1 heterocycles. The van der Waals surface area contributed by atoms with Crippen molar-refractivity contribution in [3.63, 3.8) is 0 Å². The lowest BCUT2D eigenvalue weighted by molar-refractivity contribution is 0.0547. The Morgan fingerprint density at radius 2 is 2.12 bits per heavy atom. The number of ether oxygens (including phenoxy) is 1. The fourth-order valence-corrected chi connectivity index (χ4v) is 2.35. The molecule has 0 aromatic heterocycles. The van der Waals surface area contributed by atoms with Gasteiger partial charge in [-0.15, -0.1) is 0 Å². The summed E-state index contributed by atoms with van der Waals surface area (Å²) in [6, 6.07) is 8.68. The minimum atomic E-state index is 0.706. The van der Waals surface area contributed by atoms with Gasteiger partial charge in [0.15, 0.2) is 0 Å². The summed E-state index contributed by atoms with van der Waals surface area (Å²) in [7, 11) is 0. The SMILES string of the molecule is Ic1ccc(CNCC2CCCOC2)cc1. The van der Waals surface area contributed by atoms with Gasteiger partial charge in [0.05, 0.1) is 6.61 Å². The Morgan fingerprint density at radius 1 is 1.31 bits per heavy atom. The maximum Gasteiger partial charge on any atom is 0.0506 e. The standard InChI is InChI=1S/C13H18INO/c14-13-5-3-11(4-6-13)8-15-9-12-2-1-7-16-10-12/h3-6,12,15H,1-2,7-10H2. The number of hydrogen-bond acceptors (Lipinski definition) is 2. The average Bonchev–Trinajstić information content (AvgIpc) is 2.33. The van der Waals surface area contributed by atoms with Crippen LogP contribution in [0.3, 0.4) is 0 Å². The molecular weight excluding hydrogens is 313 g/mol. The van der Waals surface area contributed by atoms with Crippen molar-refractivity contribution in [2.24, 2.45) is 5.92 Å². The molecule has 1 unspecified atom stereocenters. The molecule has 0 radical (unpaired) electrons. The lowest BCUT2D eigenvalue weighted by atomic mass is 10.0. The van der Waals surface area contributed by atoms with Gasteiger partial charge >= 0.3 is 0 Å². The minimum Gasteiger partial charge on any atom is -0.381 e. The highest BCUT2D eigenvalue weighted by Gasteiger charge is 2.12. The zero-order valence-corrected chi connectivity index (χ0v) is 11.6. The number of halogens is 1. The van der Waals surface area contributed by atoms with Crippen molar-refractivity contribution in [3.8, 4) is 0 Å². The summed E-state index contributed by atoms with van der Waals surface area (Å²) < 4.78 is 6.75. The van der Waals surface area contributed by atoms with E-state index in [2.05, 4.69) is 52.2 Å². The van der Waals surface area contributed by atoms with Crippen molar-refractivity contribution >= 4 is 22.6 Å². The van der Waals surface area contributed by atoms with E-state index >= 15 is 0 Å². The Bertz CT molecular complexity index is 306. The predicted octanol–water partition coefficient (Wildman–Crippen LogP) is 2.81. The van der Waals surface area contributed by atoms with Gasteiger partial charge in [-0.25, -0.2) is 0 Å². The van der Waals surface area contributed by atoms with Gasteiger partial charge in [0.1, 0.15) is 0 Å². The number of rotatable bonds is 4. The molecule has 0 aliphatic carbocycles. The van der Waals surface area contributed by atoms with Crippen molar-refractivity contribution in [2.75, 3.05) is 19.8 Å². The molecule has 1 aliphatic heterocycles. The molecule has 0 saturated carbocycles. The summed E-state index contributed by atoms with van der Waals surface area (Å²) in [5.41, 5.74) is 1.36. The third kappa shape index (κ3) is 4.03. The van der Waals surface area contributed by atoms with Gasteiger partial charge in [-0.1, -0.05) is 12.1 Å². The quantitative estimate of drug-likeness (QED) is 0.857. The summed E-state index contributed by atoms with van der Waals surface area (Å²) >= 11 is 2.33. The first-order valence-electron chi connectivity index (χ1n) is 5.87. The van der Waals surface area contributed by atoms with Crippen molar-refractivity contribution < 1.29 is 4.74 Å². The molecule has 1 aliphatic rings. The van der Waals surface area contributed by atoms with E-state index < -0.39 is 0 Å². The number of benzene rings is 1. The molecule has 1 atom stereocenters. The molecule has 16 heavy (non-hydrogen) atoms. The highest BCUT2D eigenvalue weighted by Crippen LogP contribution is 2.12. The van der Waals surface area contributed by atoms with Crippen LogP contribution in [0.15, 0.2) is 24.3 Å². The molecular formula is C13H18INO. The Hall–Kier alpha value is -0.130. The van der Waals surface area contributed by atoms with E-state index in [1.165, 1.54) is 22.0 Å². The summed E-state index contributed by atoms with van der Waals surface area (Å²) in [5.74, 6) is 0.706. The zero-order chi connectivity index (χ0) is 11.2. The monoisotopic (exact) mass is 331 g/mol. The highest BCUT2D eigenvalue weighted by atomic mass is 127. The Labute approximate surface area is 111 Å². The normalized spacial score (nSPS) is 20.9. The third-order valence-corrected chi connectivity index (χ3v) is 3.65. The van der Waals surface area contributed by atoms with Gasteiger partial charge < -0.3 is 10.1 Å². The minimum absolute atomic E-state index is 0.706. The number of hydrogen-bond donors (Lipinski definition) is 1. The number of nitrogens with one attached hydrogen (secondary N) is 1. The van der Waals surface area contributed by atoms with Crippen molar-refractivity contribution in [1.82, 2.24) is 5.32 Å². The van der Waals surface area contributed by atoms with Crippen LogP contribution >= 0.6 is 22.6 Å². The fraction of sp³-hybridized carbons (Fsp3) is 0.538. The second-order valence-corrected chi connectivity index (χ2v) is 5.59. The molecule has 0 bridgehead atoms. The molecule has 2 nitrogen and oxygen atoms in total. The lowest BCUT2D eigenvalue weighted by Crippen LogP contribution is -2.28. The van der Waals surface area contributed by atoms with E-state index in [1.54, 1.807) is 0 Å². The predicted molar refractivity (Wildman–Crippen MR) is 74.4 cm³/mol. The van der Waals surface area contributed by atoms with Crippen LogP contribution < -0.4 is 5.32 Å². The first kappa shape index (κ1) is 12.3. The van der Waals surface area contributed by atoms with Gasteiger partial charge in [-0.2, -0.15) is 0 Å². The largest absolute Gasteiger partial charge is 0.381 e. The van der Waals surface area contributed by atoms with Gasteiger partial charge in [-0.05, 0) is 59.0 Å². The van der Waals surface area contributed by atoms with Gasteiger partial charge in [0.2, 0.25) is 0 Å². The molecule has 0 spiro atoms. The molecule has 1 saturated heterocycles. The second-order valence-electron chi connectivity index (χ2n) is 4.34. The second kappa shape index (κ2) is 6.57. The third-order valence-electron chi connectivity index (χ3n) is 2.93. The van der Waals surface area contributed by atoms with Crippen LogP contribution in [0.25, 0.3) is 0 Å². The Kier molecular flexibility index (Phi) is 5.06. The van der Waals surface area contributed by atoms with Crippen molar-refractivity contribution in [1.29, 1.82) is 0 Å². The first-order chi connectivity index (χ1) is 7.84. The maximum atomic E-state index is 5.46. The van der Waals surface area contributed by atoms with Crippen LogP contribution in [0.5, 0.6) is 0 Å². The summed E-state index contributed by atoms with van der Waals surface area (Å²) in [6.45, 7) is 3.92. The summed E-state index contributed by atoms with van der Waals surface area (Å²) in [4.78, 5) is 0. The molecule has 88 valence electrons. The van der Waals surface area contributed by atoms with Crippen molar-refractivity contribution in [2.45, 2.75) is 19.4 Å². The van der Waals surface area contributed by atoms with E-state index in [-0.39, 0.29) is 0 Å². The fourth-order valence-electron chi connectivity index (χ4n) is 1.99. The zero-order valence-electron chi connectivity index (χ0n) is 9.42. The van der Waals surface area contributed by atoms with E-state index in [0.29, 0.717) is 5.92 Å².